The zero-order valence-electron chi connectivity index (χ0n) is 16.1. The number of aliphatic imine (C=N–C) groups is 1. The molecule has 148 valence electrons. The number of nitrogens with zero attached hydrogens (tertiary/aromatic N) is 2. The van der Waals surface area contributed by atoms with E-state index >= 15 is 0 Å². The van der Waals surface area contributed by atoms with E-state index in [2.05, 4.69) is 36.0 Å². The summed E-state index contributed by atoms with van der Waals surface area (Å²) >= 11 is 0. The maximum atomic E-state index is 6.06. The van der Waals surface area contributed by atoms with Gasteiger partial charge >= 0.3 is 0 Å². The summed E-state index contributed by atoms with van der Waals surface area (Å²) in [6.07, 6.45) is 4.70. The second-order valence-corrected chi connectivity index (χ2v) is 7.54. The predicted molar refractivity (Wildman–Crippen MR) is 114 cm³/mol. The van der Waals surface area contributed by atoms with Gasteiger partial charge in [0.25, 0.3) is 0 Å². The number of hydrogen-bond donors (Lipinski definition) is 2. The molecule has 2 unspecified atom stereocenters. The van der Waals surface area contributed by atoms with Crippen LogP contribution in [0, 0.1) is 5.41 Å². The lowest BCUT2D eigenvalue weighted by atomic mass is 9.64. The minimum Gasteiger partial charge on any atom is -0.379 e. The topological polar surface area (TPSA) is 72.1 Å². The van der Waals surface area contributed by atoms with Gasteiger partial charge in [-0.25, -0.2) is 0 Å². The molecule has 7 heteroatoms. The highest BCUT2D eigenvalue weighted by Gasteiger charge is 2.49. The molecular weight excluding hydrogens is 431 g/mol. The fourth-order valence-electron chi connectivity index (χ4n) is 3.33. The Bertz CT molecular complexity index is 401. The van der Waals surface area contributed by atoms with E-state index in [-0.39, 0.29) is 29.4 Å². The van der Waals surface area contributed by atoms with Gasteiger partial charge in [0.1, 0.15) is 0 Å². The number of halogens is 1. The van der Waals surface area contributed by atoms with E-state index in [0.29, 0.717) is 18.1 Å². The number of nitrogens with one attached hydrogen (secondary N) is 1. The minimum absolute atomic E-state index is 0. The van der Waals surface area contributed by atoms with Crippen LogP contribution in [0.1, 0.15) is 46.5 Å². The highest BCUT2D eigenvalue weighted by molar-refractivity contribution is 14.0. The van der Waals surface area contributed by atoms with Gasteiger partial charge < -0.3 is 20.5 Å². The van der Waals surface area contributed by atoms with Gasteiger partial charge in [-0.15, -0.1) is 24.0 Å². The Morgan fingerprint density at radius 3 is 2.68 bits per heavy atom. The molecule has 0 radical (unpaired) electrons. The number of hydrogen-bond acceptors (Lipinski definition) is 4. The molecular formula is C18H37IN4O2. The van der Waals surface area contributed by atoms with Crippen molar-refractivity contribution >= 4 is 29.9 Å². The van der Waals surface area contributed by atoms with E-state index in [4.69, 9.17) is 15.2 Å². The maximum absolute atomic E-state index is 6.06. The predicted octanol–water partition coefficient (Wildman–Crippen LogP) is 2.21. The Morgan fingerprint density at radius 1 is 1.32 bits per heavy atom. The Kier molecular flexibility index (Phi) is 10.6. The minimum atomic E-state index is 0. The van der Waals surface area contributed by atoms with E-state index in [9.17, 15) is 0 Å². The first-order valence-corrected chi connectivity index (χ1v) is 9.52. The Balaban J connectivity index is 0.00000312. The van der Waals surface area contributed by atoms with E-state index in [1.54, 1.807) is 0 Å². The third-order valence-corrected chi connectivity index (χ3v) is 5.34. The maximum Gasteiger partial charge on any atom is 0.188 e. The van der Waals surface area contributed by atoms with Gasteiger partial charge in [-0.3, -0.25) is 9.89 Å². The van der Waals surface area contributed by atoms with Gasteiger partial charge in [0.05, 0.1) is 19.3 Å². The molecule has 0 amide bonds. The largest absolute Gasteiger partial charge is 0.379 e. The van der Waals surface area contributed by atoms with Crippen LogP contribution in [0.4, 0.5) is 0 Å². The lowest BCUT2D eigenvalue weighted by Crippen LogP contribution is -2.63. The Hall–Kier alpha value is -0.120. The van der Waals surface area contributed by atoms with Crippen molar-refractivity contribution in [2.24, 2.45) is 16.1 Å². The van der Waals surface area contributed by atoms with Crippen molar-refractivity contribution in [1.82, 2.24) is 10.2 Å². The van der Waals surface area contributed by atoms with Crippen LogP contribution < -0.4 is 11.1 Å². The summed E-state index contributed by atoms with van der Waals surface area (Å²) in [6.45, 7) is 13.2. The highest BCUT2D eigenvalue weighted by Crippen LogP contribution is 2.42. The van der Waals surface area contributed by atoms with Crippen molar-refractivity contribution in [3.63, 3.8) is 0 Å². The molecule has 0 spiro atoms. The van der Waals surface area contributed by atoms with E-state index in [1.807, 2.05) is 0 Å². The first kappa shape index (κ1) is 22.9. The summed E-state index contributed by atoms with van der Waals surface area (Å²) in [5, 5.41) is 3.38. The molecule has 0 bridgehead atoms. The third kappa shape index (κ3) is 7.19. The van der Waals surface area contributed by atoms with Crippen molar-refractivity contribution in [2.75, 3.05) is 46.0 Å². The molecule has 6 nitrogen and oxygen atoms in total. The monoisotopic (exact) mass is 468 g/mol. The number of nitrogens with two attached hydrogens (primary N) is 1. The van der Waals surface area contributed by atoms with Gasteiger partial charge in [-0.1, -0.05) is 27.2 Å². The van der Waals surface area contributed by atoms with E-state index in [1.165, 1.54) is 6.42 Å². The van der Waals surface area contributed by atoms with Crippen LogP contribution in [-0.2, 0) is 9.47 Å². The van der Waals surface area contributed by atoms with Crippen LogP contribution in [0.3, 0.4) is 0 Å². The molecule has 3 N–H and O–H groups in total. The van der Waals surface area contributed by atoms with Gasteiger partial charge in [0, 0.05) is 44.2 Å². The molecule has 1 heterocycles. The molecule has 2 rings (SSSR count). The smallest absolute Gasteiger partial charge is 0.188 e. The van der Waals surface area contributed by atoms with Gasteiger partial charge in [-0.05, 0) is 19.3 Å². The number of guanidine groups is 1. The second-order valence-electron chi connectivity index (χ2n) is 7.54. The molecule has 1 saturated heterocycles. The molecule has 1 aliphatic carbocycles. The lowest BCUT2D eigenvalue weighted by Gasteiger charge is -2.51. The summed E-state index contributed by atoms with van der Waals surface area (Å²) in [7, 11) is 0. The van der Waals surface area contributed by atoms with Crippen LogP contribution in [0.2, 0.25) is 0 Å². The van der Waals surface area contributed by atoms with Gasteiger partial charge in [-0.2, -0.15) is 0 Å². The quantitative estimate of drug-likeness (QED) is 0.235. The summed E-state index contributed by atoms with van der Waals surface area (Å²) in [4.78, 5) is 6.91. The van der Waals surface area contributed by atoms with Crippen molar-refractivity contribution in [3.05, 3.63) is 0 Å². The van der Waals surface area contributed by atoms with E-state index < -0.39 is 0 Å². The zero-order valence-corrected chi connectivity index (χ0v) is 18.5. The summed E-state index contributed by atoms with van der Waals surface area (Å²) in [5.41, 5.74) is 6.17. The first-order valence-electron chi connectivity index (χ1n) is 9.52. The van der Waals surface area contributed by atoms with Crippen LogP contribution >= 0.6 is 24.0 Å². The second kappa shape index (κ2) is 11.6. The number of unbranched alkanes of at least 4 members (excludes halogenated alkanes) is 1. The summed E-state index contributed by atoms with van der Waals surface area (Å²) in [5.74, 6) is 0.571. The SMILES string of the molecule is CCCCOC1CC(NC(N)=NCCCN2CCOCC2)C1(C)C.I. The van der Waals surface area contributed by atoms with E-state index in [0.717, 1.165) is 65.3 Å². The molecule has 2 fully saturated rings. The molecule has 2 aliphatic rings. The molecule has 25 heavy (non-hydrogen) atoms. The number of rotatable bonds is 9. The number of ether oxygens (including phenoxy) is 2. The molecule has 2 atom stereocenters. The molecule has 0 aromatic rings. The van der Waals surface area contributed by atoms with Crippen molar-refractivity contribution < 1.29 is 9.47 Å². The van der Waals surface area contributed by atoms with Crippen molar-refractivity contribution in [3.8, 4) is 0 Å². The Labute approximate surface area is 170 Å². The van der Waals surface area contributed by atoms with Gasteiger partial charge in [0.2, 0.25) is 0 Å². The fraction of sp³-hybridized carbons (Fsp3) is 0.944. The molecule has 0 aromatic carbocycles. The third-order valence-electron chi connectivity index (χ3n) is 5.34. The number of morpholine rings is 1. The normalized spacial score (nSPS) is 26.6. The van der Waals surface area contributed by atoms with Crippen LogP contribution in [0.15, 0.2) is 4.99 Å². The Morgan fingerprint density at radius 2 is 2.04 bits per heavy atom. The molecule has 1 saturated carbocycles. The van der Waals surface area contributed by atoms with Crippen molar-refractivity contribution in [1.29, 1.82) is 0 Å². The zero-order chi connectivity index (χ0) is 17.4. The average Bonchev–Trinajstić information content (AvgIpc) is 2.58. The van der Waals surface area contributed by atoms with Crippen molar-refractivity contribution in [2.45, 2.75) is 58.6 Å². The first-order chi connectivity index (χ1) is 11.5. The highest BCUT2D eigenvalue weighted by atomic mass is 127. The van der Waals surface area contributed by atoms with Crippen LogP contribution in [0.5, 0.6) is 0 Å². The lowest BCUT2D eigenvalue weighted by molar-refractivity contribution is -0.113. The standard InChI is InChI=1S/C18H36N4O2.HI/c1-4-5-11-24-16-14-15(18(16,2)3)21-17(19)20-7-6-8-22-9-12-23-13-10-22;/h15-16H,4-14H2,1-3H3,(H3,19,20,21);1H. The van der Waals surface area contributed by atoms with Crippen LogP contribution in [0.25, 0.3) is 0 Å². The fourth-order valence-corrected chi connectivity index (χ4v) is 3.33. The van der Waals surface area contributed by atoms with Gasteiger partial charge in [0.15, 0.2) is 5.96 Å². The van der Waals surface area contributed by atoms with Crippen LogP contribution in [-0.4, -0.2) is 69.0 Å². The molecule has 1 aliphatic heterocycles. The molecule has 0 aromatic heterocycles. The average molecular weight is 468 g/mol. The summed E-state index contributed by atoms with van der Waals surface area (Å²) in [6, 6.07) is 0.354. The summed E-state index contributed by atoms with van der Waals surface area (Å²) < 4.78 is 11.3.